The van der Waals surface area contributed by atoms with E-state index in [1.165, 1.54) is 0 Å². The highest BCUT2D eigenvalue weighted by Crippen LogP contribution is 2.13. The Labute approximate surface area is 132 Å². The number of hydrogen-bond donors (Lipinski definition) is 2. The lowest BCUT2D eigenvalue weighted by molar-refractivity contribution is -0.127. The summed E-state index contributed by atoms with van der Waals surface area (Å²) < 4.78 is 5.22. The Hall–Kier alpha value is -1.37. The van der Waals surface area contributed by atoms with Gasteiger partial charge in [0, 0.05) is 32.2 Å². The highest BCUT2D eigenvalue weighted by molar-refractivity contribution is 5.81. The molecule has 1 amide bonds. The van der Waals surface area contributed by atoms with Gasteiger partial charge in [0.25, 0.3) is 0 Å². The second kappa shape index (κ2) is 7.76. The minimum atomic E-state index is -0.317. The Morgan fingerprint density at radius 2 is 2.27 bits per heavy atom. The van der Waals surface area contributed by atoms with E-state index in [9.17, 15) is 9.90 Å². The average molecular weight is 309 g/mol. The van der Waals surface area contributed by atoms with Crippen molar-refractivity contribution in [3.63, 3.8) is 0 Å². The molecule has 124 valence electrons. The van der Waals surface area contributed by atoms with Crippen LogP contribution in [0.2, 0.25) is 0 Å². The molecule has 6 nitrogen and oxygen atoms in total. The normalized spacial score (nSPS) is 23.2. The first kappa shape index (κ1) is 17.0. The van der Waals surface area contributed by atoms with Gasteiger partial charge in [-0.15, -0.1) is 0 Å². The van der Waals surface area contributed by atoms with Gasteiger partial charge in [-0.25, -0.2) is 0 Å². The molecule has 0 aromatic carbocycles. The van der Waals surface area contributed by atoms with Crippen molar-refractivity contribution in [3.8, 4) is 0 Å². The number of amides is 1. The minimum Gasteiger partial charge on any atom is -0.467 e. The summed E-state index contributed by atoms with van der Waals surface area (Å²) in [6.45, 7) is 9.55. The summed E-state index contributed by atoms with van der Waals surface area (Å²) in [6, 6.07) is 3.84. The van der Waals surface area contributed by atoms with Gasteiger partial charge < -0.3 is 14.8 Å². The van der Waals surface area contributed by atoms with Crippen LogP contribution in [-0.2, 0) is 11.3 Å². The zero-order valence-electron chi connectivity index (χ0n) is 13.7. The Morgan fingerprint density at radius 3 is 2.86 bits per heavy atom. The molecule has 0 unspecified atom stereocenters. The number of nitrogens with one attached hydrogen (secondary N) is 1. The molecule has 2 rings (SSSR count). The third-order valence-electron chi connectivity index (χ3n) is 4.24. The molecule has 0 spiro atoms. The monoisotopic (exact) mass is 309 g/mol. The number of nitrogens with zero attached hydrogens (tertiary/aromatic N) is 2. The molecule has 1 fully saturated rings. The van der Waals surface area contributed by atoms with E-state index in [1.54, 1.807) is 6.26 Å². The number of piperazine rings is 1. The molecular weight excluding hydrogens is 282 g/mol. The molecule has 0 radical (unpaired) electrons. The van der Waals surface area contributed by atoms with Crippen LogP contribution in [0.25, 0.3) is 0 Å². The lowest BCUT2D eigenvalue weighted by Crippen LogP contribution is -2.58. The molecule has 1 aromatic heterocycles. The van der Waals surface area contributed by atoms with Crippen molar-refractivity contribution in [3.05, 3.63) is 24.2 Å². The number of hydrogen-bond acceptors (Lipinski definition) is 5. The summed E-state index contributed by atoms with van der Waals surface area (Å²) in [6.07, 6.45) is 1.29. The van der Waals surface area contributed by atoms with Crippen LogP contribution in [0.4, 0.5) is 0 Å². The Kier molecular flexibility index (Phi) is 5.99. The van der Waals surface area contributed by atoms with Crippen molar-refractivity contribution in [2.45, 2.75) is 45.5 Å². The van der Waals surface area contributed by atoms with Gasteiger partial charge in [0.1, 0.15) is 5.76 Å². The van der Waals surface area contributed by atoms with E-state index in [0.717, 1.165) is 25.4 Å². The van der Waals surface area contributed by atoms with E-state index >= 15 is 0 Å². The van der Waals surface area contributed by atoms with Crippen molar-refractivity contribution < 1.29 is 14.3 Å². The Morgan fingerprint density at radius 1 is 1.50 bits per heavy atom. The lowest BCUT2D eigenvalue weighted by atomic mass is 10.1. The summed E-state index contributed by atoms with van der Waals surface area (Å²) in [7, 11) is 0. The van der Waals surface area contributed by atoms with Gasteiger partial charge in [-0.05, 0) is 32.9 Å². The zero-order chi connectivity index (χ0) is 16.1. The van der Waals surface area contributed by atoms with Gasteiger partial charge in [0.05, 0.1) is 25.0 Å². The first-order chi connectivity index (χ1) is 10.5. The summed E-state index contributed by atoms with van der Waals surface area (Å²) >= 11 is 0. The molecule has 1 saturated heterocycles. The van der Waals surface area contributed by atoms with Crippen LogP contribution in [0.5, 0.6) is 0 Å². The largest absolute Gasteiger partial charge is 0.467 e. The van der Waals surface area contributed by atoms with E-state index in [1.807, 2.05) is 26.0 Å². The Balaban J connectivity index is 1.80. The third kappa shape index (κ3) is 4.56. The molecule has 2 N–H and O–H groups in total. The number of carbonyl (C=O) groups excluding carboxylic acids is 1. The average Bonchev–Trinajstić information content (AvgIpc) is 2.99. The van der Waals surface area contributed by atoms with Gasteiger partial charge in [0.2, 0.25) is 5.91 Å². The number of β-amino-alcohol motifs (C(OH)–C–C–N with tert-alkyl or cyclic N) is 1. The standard InChI is InChI=1S/C16H27N3O3/c1-12-10-19(7-6-18(12)11-13(2)20)14(3)16(21)17-9-15-5-4-8-22-15/h4-5,8,12-14,20H,6-7,9-11H2,1-3H3,(H,17,21)/t12-,13+,14-/m1/s1. The van der Waals surface area contributed by atoms with Crippen LogP contribution in [0, 0.1) is 0 Å². The second-order valence-corrected chi connectivity index (χ2v) is 6.16. The fraction of sp³-hybridized carbons (Fsp3) is 0.688. The maximum atomic E-state index is 12.3. The van der Waals surface area contributed by atoms with Crippen LogP contribution in [-0.4, -0.2) is 65.2 Å². The number of carbonyl (C=O) groups is 1. The van der Waals surface area contributed by atoms with E-state index in [-0.39, 0.29) is 18.1 Å². The van der Waals surface area contributed by atoms with Crippen LogP contribution in [0.1, 0.15) is 26.5 Å². The highest BCUT2D eigenvalue weighted by atomic mass is 16.3. The van der Waals surface area contributed by atoms with Crippen molar-refractivity contribution in [1.82, 2.24) is 15.1 Å². The fourth-order valence-corrected chi connectivity index (χ4v) is 2.89. The molecule has 22 heavy (non-hydrogen) atoms. The minimum absolute atomic E-state index is 0.0209. The molecule has 0 saturated carbocycles. The quantitative estimate of drug-likeness (QED) is 0.808. The van der Waals surface area contributed by atoms with Crippen LogP contribution < -0.4 is 5.32 Å². The predicted molar refractivity (Wildman–Crippen MR) is 84.3 cm³/mol. The van der Waals surface area contributed by atoms with E-state index in [4.69, 9.17) is 4.42 Å². The van der Waals surface area contributed by atoms with Crippen LogP contribution >= 0.6 is 0 Å². The second-order valence-electron chi connectivity index (χ2n) is 6.16. The smallest absolute Gasteiger partial charge is 0.237 e. The number of aliphatic hydroxyl groups excluding tert-OH is 1. The van der Waals surface area contributed by atoms with E-state index in [0.29, 0.717) is 19.1 Å². The van der Waals surface area contributed by atoms with Gasteiger partial charge in [0.15, 0.2) is 0 Å². The van der Waals surface area contributed by atoms with Crippen molar-refractivity contribution >= 4 is 5.91 Å². The van der Waals surface area contributed by atoms with Gasteiger partial charge >= 0.3 is 0 Å². The van der Waals surface area contributed by atoms with E-state index < -0.39 is 0 Å². The lowest BCUT2D eigenvalue weighted by Gasteiger charge is -2.42. The first-order valence-electron chi connectivity index (χ1n) is 7.93. The summed E-state index contributed by atoms with van der Waals surface area (Å²) in [5.41, 5.74) is 0. The topological polar surface area (TPSA) is 69.0 Å². The number of rotatable bonds is 6. The van der Waals surface area contributed by atoms with Gasteiger partial charge in [-0.1, -0.05) is 0 Å². The molecule has 6 heteroatoms. The molecular formula is C16H27N3O3. The van der Waals surface area contributed by atoms with E-state index in [2.05, 4.69) is 22.0 Å². The molecule has 0 bridgehead atoms. The van der Waals surface area contributed by atoms with Gasteiger partial charge in [-0.2, -0.15) is 0 Å². The fourth-order valence-electron chi connectivity index (χ4n) is 2.89. The zero-order valence-corrected chi connectivity index (χ0v) is 13.7. The SMILES string of the molecule is C[C@H](O)CN1CCN([C@H](C)C(=O)NCc2ccco2)C[C@H]1C. The molecule has 1 aliphatic rings. The van der Waals surface area contributed by atoms with Crippen molar-refractivity contribution in [2.75, 3.05) is 26.2 Å². The maximum Gasteiger partial charge on any atom is 0.237 e. The number of furan rings is 1. The van der Waals surface area contributed by atoms with Gasteiger partial charge in [-0.3, -0.25) is 14.6 Å². The third-order valence-corrected chi connectivity index (χ3v) is 4.24. The van der Waals surface area contributed by atoms with Crippen LogP contribution in [0.3, 0.4) is 0 Å². The maximum absolute atomic E-state index is 12.3. The first-order valence-corrected chi connectivity index (χ1v) is 7.93. The molecule has 1 aliphatic heterocycles. The molecule has 2 heterocycles. The summed E-state index contributed by atoms with van der Waals surface area (Å²) in [5, 5.41) is 12.4. The Bertz CT molecular complexity index is 461. The molecule has 1 aromatic rings. The van der Waals surface area contributed by atoms with Crippen molar-refractivity contribution in [1.29, 1.82) is 0 Å². The molecule has 3 atom stereocenters. The summed E-state index contributed by atoms with van der Waals surface area (Å²) in [4.78, 5) is 16.7. The number of aliphatic hydroxyl groups is 1. The predicted octanol–water partition coefficient (Wildman–Crippen LogP) is 0.671. The molecule has 0 aliphatic carbocycles. The van der Waals surface area contributed by atoms with Crippen LogP contribution in [0.15, 0.2) is 22.8 Å². The highest BCUT2D eigenvalue weighted by Gasteiger charge is 2.29. The summed E-state index contributed by atoms with van der Waals surface area (Å²) in [5.74, 6) is 0.781. The van der Waals surface area contributed by atoms with Crippen molar-refractivity contribution in [2.24, 2.45) is 0 Å².